The van der Waals surface area contributed by atoms with E-state index in [0.29, 0.717) is 23.3 Å². The highest BCUT2D eigenvalue weighted by molar-refractivity contribution is 7.97. The molecule has 0 unspecified atom stereocenters. The quantitative estimate of drug-likeness (QED) is 0.635. The van der Waals surface area contributed by atoms with E-state index in [0.717, 1.165) is 23.0 Å². The Bertz CT molecular complexity index is 693. The van der Waals surface area contributed by atoms with E-state index in [4.69, 9.17) is 4.74 Å². The summed E-state index contributed by atoms with van der Waals surface area (Å²) in [5.41, 5.74) is 3.35. The van der Waals surface area contributed by atoms with Gasteiger partial charge >= 0.3 is 0 Å². The molecule has 0 radical (unpaired) electrons. The van der Waals surface area contributed by atoms with E-state index in [1.165, 1.54) is 7.11 Å². The van der Waals surface area contributed by atoms with Gasteiger partial charge in [-0.05, 0) is 35.7 Å². The van der Waals surface area contributed by atoms with E-state index in [1.54, 1.807) is 36.4 Å². The van der Waals surface area contributed by atoms with Crippen molar-refractivity contribution < 1.29 is 19.4 Å². The smallest absolute Gasteiger partial charge is 0.216 e. The summed E-state index contributed by atoms with van der Waals surface area (Å²) in [7, 11) is 1.50. The Morgan fingerprint density at radius 3 is 2.41 bits per heavy atom. The van der Waals surface area contributed by atoms with E-state index in [-0.39, 0.29) is 11.7 Å². The number of methoxy groups -OCH3 is 1. The predicted octanol–water partition coefficient (Wildman–Crippen LogP) is 2.78. The highest BCUT2D eigenvalue weighted by Crippen LogP contribution is 2.36. The van der Waals surface area contributed by atoms with Crippen LogP contribution in [0, 0.1) is 0 Å². The van der Waals surface area contributed by atoms with Gasteiger partial charge in [-0.1, -0.05) is 18.2 Å². The zero-order valence-electron chi connectivity index (χ0n) is 12.1. The van der Waals surface area contributed by atoms with Crippen LogP contribution in [0.2, 0.25) is 0 Å². The second-order valence-corrected chi connectivity index (χ2v) is 5.10. The minimum absolute atomic E-state index is 0.0101. The van der Waals surface area contributed by atoms with Crippen molar-refractivity contribution in [1.29, 1.82) is 0 Å². The number of aliphatic hydroxyl groups is 1. The van der Waals surface area contributed by atoms with Gasteiger partial charge < -0.3 is 9.84 Å². The van der Waals surface area contributed by atoms with E-state index < -0.39 is 0 Å². The first-order valence-electron chi connectivity index (χ1n) is 6.72. The Kier molecular flexibility index (Phi) is 5.35. The van der Waals surface area contributed by atoms with Gasteiger partial charge in [-0.2, -0.15) is 0 Å². The third-order valence-corrected chi connectivity index (χ3v) is 3.67. The molecule has 0 bridgehead atoms. The molecule has 0 spiro atoms. The lowest BCUT2D eigenvalue weighted by atomic mass is 9.94. The molecule has 22 heavy (non-hydrogen) atoms. The van der Waals surface area contributed by atoms with E-state index >= 15 is 0 Å². The lowest BCUT2D eigenvalue weighted by Gasteiger charge is -2.16. The maximum atomic E-state index is 11.2. The van der Waals surface area contributed by atoms with Crippen LogP contribution in [-0.4, -0.2) is 30.2 Å². The first-order valence-corrected chi connectivity index (χ1v) is 7.16. The van der Waals surface area contributed by atoms with Crippen LogP contribution < -0.4 is 4.74 Å². The minimum Gasteiger partial charge on any atom is -0.495 e. The first-order chi connectivity index (χ1) is 10.6. The van der Waals surface area contributed by atoms with Gasteiger partial charge in [-0.3, -0.25) is 9.59 Å². The number of aldehydes is 1. The average Bonchev–Trinajstić information content (AvgIpc) is 2.54. The second-order valence-electron chi connectivity index (χ2n) is 4.70. The second kappa shape index (κ2) is 7.24. The van der Waals surface area contributed by atoms with Crippen LogP contribution in [0.15, 0.2) is 36.4 Å². The average molecular weight is 316 g/mol. The Labute approximate surface area is 134 Å². The zero-order chi connectivity index (χ0) is 16.1. The molecule has 0 fully saturated rings. The highest BCUT2D eigenvalue weighted by Gasteiger charge is 2.16. The monoisotopic (exact) mass is 316 g/mol. The van der Waals surface area contributed by atoms with Crippen molar-refractivity contribution in [3.05, 3.63) is 53.1 Å². The lowest BCUT2D eigenvalue weighted by Crippen LogP contribution is -2.01. The molecule has 0 atom stereocenters. The predicted molar refractivity (Wildman–Crippen MR) is 87.9 cm³/mol. The minimum atomic E-state index is -0.310. The summed E-state index contributed by atoms with van der Waals surface area (Å²) in [6.45, 7) is -0.0101. The van der Waals surface area contributed by atoms with Crippen molar-refractivity contribution >= 4 is 24.0 Å². The third kappa shape index (κ3) is 3.21. The van der Waals surface area contributed by atoms with Crippen LogP contribution >= 0.6 is 12.6 Å². The standard InChI is InChI=1S/C17H16O4S/c1-21-16-14(10-19)7-4-12(8-9-18)15(16)11-2-5-13(6-3-11)17(20)22/h2-7,10,18H,8-9H2,1H3,(H,20,22). The van der Waals surface area contributed by atoms with Gasteiger partial charge in [-0.15, -0.1) is 12.6 Å². The molecule has 0 aliphatic carbocycles. The van der Waals surface area contributed by atoms with Crippen LogP contribution in [0.25, 0.3) is 11.1 Å². The van der Waals surface area contributed by atoms with Gasteiger partial charge in [0.25, 0.3) is 0 Å². The number of hydrogen-bond acceptors (Lipinski definition) is 4. The molecule has 2 aromatic rings. The molecule has 0 aliphatic rings. The number of carbonyl (C=O) groups is 2. The normalized spacial score (nSPS) is 10.3. The molecule has 114 valence electrons. The fourth-order valence-electron chi connectivity index (χ4n) is 2.38. The molecule has 1 N–H and O–H groups in total. The Morgan fingerprint density at radius 2 is 1.91 bits per heavy atom. The molecule has 0 heterocycles. The van der Waals surface area contributed by atoms with Crippen molar-refractivity contribution in [2.75, 3.05) is 13.7 Å². The molecule has 0 amide bonds. The zero-order valence-corrected chi connectivity index (χ0v) is 13.0. The summed E-state index contributed by atoms with van der Waals surface area (Å²) in [4.78, 5) is 22.4. The summed E-state index contributed by atoms with van der Waals surface area (Å²) in [6, 6.07) is 10.4. The van der Waals surface area contributed by atoms with E-state index in [9.17, 15) is 14.7 Å². The summed E-state index contributed by atoms with van der Waals surface area (Å²) in [5, 5.41) is 8.92. The molecule has 0 saturated heterocycles. The Hall–Kier alpha value is -2.11. The fourth-order valence-corrected chi connectivity index (χ4v) is 2.53. The topological polar surface area (TPSA) is 63.6 Å². The van der Waals surface area contributed by atoms with Crippen LogP contribution in [-0.2, 0) is 6.42 Å². The van der Waals surface area contributed by atoms with Crippen molar-refractivity contribution in [2.45, 2.75) is 6.42 Å². The number of rotatable bonds is 6. The first kappa shape index (κ1) is 16.3. The Balaban J connectivity index is 2.64. The summed E-state index contributed by atoms with van der Waals surface area (Å²) >= 11 is 3.79. The number of thiol groups is 1. The maximum absolute atomic E-state index is 11.2. The number of carbonyl (C=O) groups excluding carboxylic acids is 2. The van der Waals surface area contributed by atoms with Crippen molar-refractivity contribution in [3.63, 3.8) is 0 Å². The van der Waals surface area contributed by atoms with Gasteiger partial charge in [-0.25, -0.2) is 0 Å². The van der Waals surface area contributed by atoms with Gasteiger partial charge in [0.15, 0.2) is 6.29 Å². The summed E-state index contributed by atoms with van der Waals surface area (Å²) in [6.07, 6.45) is 1.18. The SMILES string of the molecule is COc1c(C=O)ccc(CCO)c1-c1ccc(C(=O)S)cc1. The van der Waals surface area contributed by atoms with E-state index in [2.05, 4.69) is 12.6 Å². The molecular formula is C17H16O4S. The molecule has 4 nitrogen and oxygen atoms in total. The molecule has 0 saturated carbocycles. The van der Waals surface area contributed by atoms with Crippen LogP contribution in [0.4, 0.5) is 0 Å². The molecule has 2 aromatic carbocycles. The fraction of sp³-hybridized carbons (Fsp3) is 0.176. The number of ether oxygens (including phenoxy) is 1. The van der Waals surface area contributed by atoms with Gasteiger partial charge in [0.2, 0.25) is 5.12 Å². The van der Waals surface area contributed by atoms with Crippen LogP contribution in [0.3, 0.4) is 0 Å². The van der Waals surface area contributed by atoms with Crippen molar-refractivity contribution in [3.8, 4) is 16.9 Å². The Morgan fingerprint density at radius 1 is 1.23 bits per heavy atom. The maximum Gasteiger partial charge on any atom is 0.216 e. The van der Waals surface area contributed by atoms with Crippen LogP contribution in [0.5, 0.6) is 5.75 Å². The third-order valence-electron chi connectivity index (χ3n) is 3.41. The largest absolute Gasteiger partial charge is 0.495 e. The molecular weight excluding hydrogens is 300 g/mol. The highest BCUT2D eigenvalue weighted by atomic mass is 32.1. The van der Waals surface area contributed by atoms with Gasteiger partial charge in [0.1, 0.15) is 5.75 Å². The van der Waals surface area contributed by atoms with Gasteiger partial charge in [0.05, 0.1) is 12.7 Å². The number of aliphatic hydroxyl groups excluding tert-OH is 1. The lowest BCUT2D eigenvalue weighted by molar-refractivity contribution is 0.108. The van der Waals surface area contributed by atoms with E-state index in [1.807, 2.05) is 0 Å². The molecule has 0 aromatic heterocycles. The number of hydrogen-bond donors (Lipinski definition) is 2. The molecule has 0 aliphatic heterocycles. The molecule has 5 heteroatoms. The van der Waals surface area contributed by atoms with Crippen molar-refractivity contribution in [1.82, 2.24) is 0 Å². The molecule has 2 rings (SSSR count). The summed E-state index contributed by atoms with van der Waals surface area (Å²) < 4.78 is 5.39. The van der Waals surface area contributed by atoms with Gasteiger partial charge in [0, 0.05) is 17.7 Å². The van der Waals surface area contributed by atoms with Crippen LogP contribution in [0.1, 0.15) is 26.3 Å². The van der Waals surface area contributed by atoms with Crippen molar-refractivity contribution in [2.24, 2.45) is 0 Å². The summed E-state index contributed by atoms with van der Waals surface area (Å²) in [5.74, 6) is 0.464. The number of benzene rings is 2.